The summed E-state index contributed by atoms with van der Waals surface area (Å²) in [6.07, 6.45) is 0. The molecule has 0 atom stereocenters. The predicted octanol–water partition coefficient (Wildman–Crippen LogP) is 13.7. The molecule has 0 bridgehead atoms. The standard InChI is InChI=1S/C46H27NO3/c1-2-10-28(11-3-1)38-27-45-46(36-15-5-4-12-32(36)38)37-22-19-31(26-44(37)50-45)47(29-20-23-42-39(24-29)34-14-7-9-17-41(34)48-42)30-18-21-35-33-13-6-8-16-40(33)49-43(35)25-30/h1-27H. The van der Waals surface area contributed by atoms with Crippen molar-refractivity contribution in [3.05, 3.63) is 164 Å². The third kappa shape index (κ3) is 3.99. The number of hydrogen-bond acceptors (Lipinski definition) is 4. The van der Waals surface area contributed by atoms with Crippen LogP contribution in [0.1, 0.15) is 0 Å². The summed E-state index contributed by atoms with van der Waals surface area (Å²) in [6, 6.07) is 57.2. The van der Waals surface area contributed by atoms with Gasteiger partial charge in [0.2, 0.25) is 0 Å². The van der Waals surface area contributed by atoms with Crippen molar-refractivity contribution in [3.8, 4) is 11.1 Å². The molecule has 0 N–H and O–H groups in total. The van der Waals surface area contributed by atoms with Crippen molar-refractivity contribution in [3.63, 3.8) is 0 Å². The lowest BCUT2D eigenvalue weighted by Gasteiger charge is -2.25. The average molecular weight is 642 g/mol. The SMILES string of the molecule is c1ccc(-c2cc3oc4cc(N(c5ccc6c(c5)oc5ccccc56)c5ccc6oc7ccccc7c6c5)ccc4c3c3ccccc23)cc1. The van der Waals surface area contributed by atoms with Gasteiger partial charge >= 0.3 is 0 Å². The summed E-state index contributed by atoms with van der Waals surface area (Å²) in [6.45, 7) is 0. The number of rotatable bonds is 4. The van der Waals surface area contributed by atoms with E-state index in [1.165, 1.54) is 16.3 Å². The monoisotopic (exact) mass is 641 g/mol. The molecule has 50 heavy (non-hydrogen) atoms. The minimum atomic E-state index is 0.831. The van der Waals surface area contributed by atoms with Crippen molar-refractivity contribution in [2.45, 2.75) is 0 Å². The Hall–Kier alpha value is -6.78. The molecule has 4 heteroatoms. The van der Waals surface area contributed by atoms with Crippen molar-refractivity contribution >= 4 is 93.7 Å². The molecule has 0 unspecified atom stereocenters. The molecule has 0 aliphatic carbocycles. The van der Waals surface area contributed by atoms with Crippen LogP contribution in [0.25, 0.3) is 87.7 Å². The van der Waals surface area contributed by atoms with Crippen LogP contribution in [0.5, 0.6) is 0 Å². The van der Waals surface area contributed by atoms with Crippen LogP contribution in [0.2, 0.25) is 0 Å². The second-order valence-corrected chi connectivity index (χ2v) is 12.9. The van der Waals surface area contributed by atoms with Crippen LogP contribution >= 0.6 is 0 Å². The molecule has 0 spiro atoms. The maximum absolute atomic E-state index is 6.75. The van der Waals surface area contributed by atoms with Crippen molar-refractivity contribution < 1.29 is 13.3 Å². The van der Waals surface area contributed by atoms with Crippen LogP contribution in [0.3, 0.4) is 0 Å². The van der Waals surface area contributed by atoms with Crippen LogP contribution in [0, 0.1) is 0 Å². The molecule has 3 heterocycles. The molecule has 11 rings (SSSR count). The van der Waals surface area contributed by atoms with Gasteiger partial charge in [-0.2, -0.15) is 0 Å². The van der Waals surface area contributed by atoms with E-state index >= 15 is 0 Å². The first-order valence-electron chi connectivity index (χ1n) is 16.8. The summed E-state index contributed by atoms with van der Waals surface area (Å²) in [7, 11) is 0. The Kier molecular flexibility index (Phi) is 5.63. The molecule has 3 aromatic heterocycles. The van der Waals surface area contributed by atoms with Gasteiger partial charge in [0.25, 0.3) is 0 Å². The van der Waals surface area contributed by atoms with E-state index in [0.29, 0.717) is 0 Å². The zero-order chi connectivity index (χ0) is 32.8. The highest BCUT2D eigenvalue weighted by atomic mass is 16.3. The third-order valence-electron chi connectivity index (χ3n) is 10.0. The van der Waals surface area contributed by atoms with E-state index in [2.05, 4.69) is 144 Å². The Balaban J connectivity index is 1.15. The number of anilines is 3. The summed E-state index contributed by atoms with van der Waals surface area (Å²) in [5.41, 5.74) is 10.5. The highest BCUT2D eigenvalue weighted by molar-refractivity contribution is 6.22. The van der Waals surface area contributed by atoms with Crippen LogP contribution in [0.4, 0.5) is 17.1 Å². The van der Waals surface area contributed by atoms with Gasteiger partial charge in [-0.1, -0.05) is 91.0 Å². The molecule has 0 saturated heterocycles. The summed E-state index contributed by atoms with van der Waals surface area (Å²) < 4.78 is 19.3. The van der Waals surface area contributed by atoms with Crippen LogP contribution in [-0.4, -0.2) is 0 Å². The molecule has 0 fully saturated rings. The molecule has 8 aromatic carbocycles. The Morgan fingerprint density at radius 1 is 0.300 bits per heavy atom. The number of benzene rings is 8. The molecule has 4 nitrogen and oxygen atoms in total. The lowest BCUT2D eigenvalue weighted by atomic mass is 9.95. The second kappa shape index (κ2) is 10.4. The molecule has 0 radical (unpaired) electrons. The van der Waals surface area contributed by atoms with Crippen LogP contribution in [-0.2, 0) is 0 Å². The Labute approximate surface area is 286 Å². The number of nitrogens with zero attached hydrogens (tertiary/aromatic N) is 1. The van der Waals surface area contributed by atoms with Crippen molar-refractivity contribution in [2.24, 2.45) is 0 Å². The molecule has 234 valence electrons. The van der Waals surface area contributed by atoms with Gasteiger partial charge in [0.05, 0.1) is 0 Å². The van der Waals surface area contributed by atoms with Gasteiger partial charge < -0.3 is 18.2 Å². The summed E-state index contributed by atoms with van der Waals surface area (Å²) in [5.74, 6) is 0. The van der Waals surface area contributed by atoms with Gasteiger partial charge in [0.15, 0.2) is 0 Å². The van der Waals surface area contributed by atoms with E-state index in [0.717, 1.165) is 88.4 Å². The van der Waals surface area contributed by atoms with Gasteiger partial charge in [-0.25, -0.2) is 0 Å². The predicted molar refractivity (Wildman–Crippen MR) is 206 cm³/mol. The second-order valence-electron chi connectivity index (χ2n) is 12.9. The zero-order valence-electron chi connectivity index (χ0n) is 26.8. The molecule has 0 aliphatic rings. The number of hydrogen-bond donors (Lipinski definition) is 0. The highest BCUT2D eigenvalue weighted by Gasteiger charge is 2.20. The maximum atomic E-state index is 6.75. The van der Waals surface area contributed by atoms with Gasteiger partial charge in [-0.3, -0.25) is 0 Å². The maximum Gasteiger partial charge on any atom is 0.137 e. The van der Waals surface area contributed by atoms with Crippen molar-refractivity contribution in [1.29, 1.82) is 0 Å². The highest BCUT2D eigenvalue weighted by Crippen LogP contribution is 2.44. The van der Waals surface area contributed by atoms with E-state index < -0.39 is 0 Å². The molecular weight excluding hydrogens is 615 g/mol. The Morgan fingerprint density at radius 2 is 0.800 bits per heavy atom. The lowest BCUT2D eigenvalue weighted by molar-refractivity contribution is 0.668. The van der Waals surface area contributed by atoms with Crippen LogP contribution < -0.4 is 4.90 Å². The smallest absolute Gasteiger partial charge is 0.137 e. The lowest BCUT2D eigenvalue weighted by Crippen LogP contribution is -2.09. The number of fused-ring (bicyclic) bond motifs is 11. The van der Waals surface area contributed by atoms with Gasteiger partial charge in [-0.15, -0.1) is 0 Å². The minimum absolute atomic E-state index is 0.831. The quantitative estimate of drug-likeness (QED) is 0.192. The summed E-state index contributed by atoms with van der Waals surface area (Å²) in [4.78, 5) is 2.27. The zero-order valence-corrected chi connectivity index (χ0v) is 26.8. The van der Waals surface area contributed by atoms with Gasteiger partial charge in [0.1, 0.15) is 33.5 Å². The third-order valence-corrected chi connectivity index (χ3v) is 10.0. The van der Waals surface area contributed by atoms with Gasteiger partial charge in [-0.05, 0) is 82.6 Å². The van der Waals surface area contributed by atoms with E-state index in [1.54, 1.807) is 0 Å². The van der Waals surface area contributed by atoms with E-state index in [1.807, 2.05) is 24.3 Å². The van der Waals surface area contributed by atoms with E-state index in [4.69, 9.17) is 13.3 Å². The first-order chi connectivity index (χ1) is 24.8. The molecule has 0 amide bonds. The Bertz CT molecular complexity index is 3110. The topological polar surface area (TPSA) is 42.7 Å². The van der Waals surface area contributed by atoms with Crippen molar-refractivity contribution in [2.75, 3.05) is 4.90 Å². The number of para-hydroxylation sites is 2. The van der Waals surface area contributed by atoms with Crippen LogP contribution in [0.15, 0.2) is 177 Å². The average Bonchev–Trinajstić information content (AvgIpc) is 3.85. The molecule has 0 saturated carbocycles. The fourth-order valence-corrected chi connectivity index (χ4v) is 7.78. The molecular formula is C46H27NO3. The summed E-state index contributed by atoms with van der Waals surface area (Å²) >= 11 is 0. The molecule has 0 aliphatic heterocycles. The molecule has 11 aromatic rings. The number of furan rings is 3. The minimum Gasteiger partial charge on any atom is -0.456 e. The van der Waals surface area contributed by atoms with Gasteiger partial charge in [0, 0.05) is 61.5 Å². The first kappa shape index (κ1) is 27.2. The first-order valence-corrected chi connectivity index (χ1v) is 16.8. The Morgan fingerprint density at radius 3 is 1.56 bits per heavy atom. The van der Waals surface area contributed by atoms with E-state index in [9.17, 15) is 0 Å². The fourth-order valence-electron chi connectivity index (χ4n) is 7.78. The van der Waals surface area contributed by atoms with E-state index in [-0.39, 0.29) is 0 Å². The summed E-state index contributed by atoms with van der Waals surface area (Å²) in [5, 5.41) is 8.96. The normalized spacial score (nSPS) is 12.0. The largest absolute Gasteiger partial charge is 0.456 e. The van der Waals surface area contributed by atoms with Crippen molar-refractivity contribution in [1.82, 2.24) is 0 Å². The fraction of sp³-hybridized carbons (Fsp3) is 0.